The zero-order valence-corrected chi connectivity index (χ0v) is 11.2. The molecule has 0 bridgehead atoms. The van der Waals surface area contributed by atoms with Crippen LogP contribution in [0.4, 0.5) is 0 Å². The number of benzene rings is 1. The number of hydrogen-bond donors (Lipinski definition) is 0. The van der Waals surface area contributed by atoms with E-state index in [0.717, 1.165) is 18.7 Å². The van der Waals surface area contributed by atoms with Crippen molar-refractivity contribution in [2.45, 2.75) is 19.9 Å². The van der Waals surface area contributed by atoms with Crippen molar-refractivity contribution in [1.82, 2.24) is 4.90 Å². The third-order valence-electron chi connectivity index (χ3n) is 2.81. The largest absolute Gasteiger partial charge is 0.496 e. The highest BCUT2D eigenvalue weighted by Crippen LogP contribution is 2.34. The Morgan fingerprint density at radius 3 is 2.53 bits per heavy atom. The first-order chi connectivity index (χ1) is 8.19. The summed E-state index contributed by atoms with van der Waals surface area (Å²) in [6.07, 6.45) is 0. The number of nitriles is 1. The predicted octanol–water partition coefficient (Wildman–Crippen LogP) is 3.26. The van der Waals surface area contributed by atoms with Crippen LogP contribution in [0, 0.1) is 11.3 Å². The lowest BCUT2D eigenvalue weighted by atomic mass is 10.0. The molecule has 0 radical (unpaired) electrons. The van der Waals surface area contributed by atoms with Crippen LogP contribution >= 0.6 is 11.6 Å². The third-order valence-corrected chi connectivity index (χ3v) is 3.14. The van der Waals surface area contributed by atoms with E-state index < -0.39 is 0 Å². The normalized spacial score (nSPS) is 12.2. The van der Waals surface area contributed by atoms with E-state index in [1.165, 1.54) is 0 Å². The molecule has 0 saturated heterocycles. The average Bonchev–Trinajstić information content (AvgIpc) is 2.36. The van der Waals surface area contributed by atoms with Gasteiger partial charge in [0.05, 0.1) is 18.2 Å². The molecule has 0 spiro atoms. The van der Waals surface area contributed by atoms with Gasteiger partial charge in [0, 0.05) is 5.56 Å². The summed E-state index contributed by atoms with van der Waals surface area (Å²) in [4.78, 5) is 2.05. The van der Waals surface area contributed by atoms with Gasteiger partial charge in [0.2, 0.25) is 0 Å². The zero-order valence-electron chi connectivity index (χ0n) is 10.4. The standard InChI is InChI=1S/C13H17ClN2O/c1-4-16(5-2)11(9-15)13-10(14)7-6-8-12(13)17-3/h6-8,11H,4-5H2,1-3H3. The smallest absolute Gasteiger partial charge is 0.128 e. The Balaban J connectivity index is 3.24. The highest BCUT2D eigenvalue weighted by atomic mass is 35.5. The van der Waals surface area contributed by atoms with Gasteiger partial charge in [0.15, 0.2) is 0 Å². The van der Waals surface area contributed by atoms with E-state index in [1.54, 1.807) is 13.2 Å². The fourth-order valence-electron chi connectivity index (χ4n) is 1.88. The van der Waals surface area contributed by atoms with Crippen LogP contribution in [0.1, 0.15) is 25.5 Å². The first kappa shape index (κ1) is 13.8. The second-order valence-corrected chi connectivity index (χ2v) is 4.02. The molecule has 0 saturated carbocycles. The highest BCUT2D eigenvalue weighted by Gasteiger charge is 2.23. The molecule has 1 unspecified atom stereocenters. The van der Waals surface area contributed by atoms with Crippen LogP contribution in [-0.4, -0.2) is 25.1 Å². The summed E-state index contributed by atoms with van der Waals surface area (Å²) >= 11 is 6.18. The van der Waals surface area contributed by atoms with Crippen molar-refractivity contribution < 1.29 is 4.74 Å². The second-order valence-electron chi connectivity index (χ2n) is 3.61. The van der Waals surface area contributed by atoms with Crippen molar-refractivity contribution in [2.24, 2.45) is 0 Å². The molecule has 1 aromatic rings. The van der Waals surface area contributed by atoms with E-state index in [4.69, 9.17) is 16.3 Å². The number of methoxy groups -OCH3 is 1. The van der Waals surface area contributed by atoms with Crippen molar-refractivity contribution in [2.75, 3.05) is 20.2 Å². The van der Waals surface area contributed by atoms with E-state index in [1.807, 2.05) is 30.9 Å². The summed E-state index contributed by atoms with van der Waals surface area (Å²) in [5.74, 6) is 0.663. The molecule has 4 heteroatoms. The Labute approximate surface area is 108 Å². The minimum Gasteiger partial charge on any atom is -0.496 e. The molecule has 17 heavy (non-hydrogen) atoms. The molecule has 92 valence electrons. The highest BCUT2D eigenvalue weighted by molar-refractivity contribution is 6.31. The third kappa shape index (κ3) is 2.91. The summed E-state index contributed by atoms with van der Waals surface area (Å²) in [6, 6.07) is 7.36. The monoisotopic (exact) mass is 252 g/mol. The summed E-state index contributed by atoms with van der Waals surface area (Å²) < 4.78 is 5.29. The summed E-state index contributed by atoms with van der Waals surface area (Å²) in [5.41, 5.74) is 0.753. The van der Waals surface area contributed by atoms with Gasteiger partial charge < -0.3 is 4.74 Å². The van der Waals surface area contributed by atoms with E-state index >= 15 is 0 Å². The molecule has 3 nitrogen and oxygen atoms in total. The van der Waals surface area contributed by atoms with Gasteiger partial charge in [-0.05, 0) is 25.2 Å². The minimum absolute atomic E-state index is 0.367. The maximum absolute atomic E-state index is 9.35. The Bertz CT molecular complexity index is 410. The molecule has 0 aliphatic heterocycles. The van der Waals surface area contributed by atoms with Gasteiger partial charge in [-0.1, -0.05) is 31.5 Å². The van der Waals surface area contributed by atoms with Crippen molar-refractivity contribution in [3.63, 3.8) is 0 Å². The maximum atomic E-state index is 9.35. The SMILES string of the molecule is CCN(CC)C(C#N)c1c(Cl)cccc1OC. The maximum Gasteiger partial charge on any atom is 0.128 e. The zero-order chi connectivity index (χ0) is 12.8. The number of ether oxygens (including phenoxy) is 1. The fraction of sp³-hybridized carbons (Fsp3) is 0.462. The van der Waals surface area contributed by atoms with Crippen molar-refractivity contribution in [3.8, 4) is 11.8 Å². The Hall–Kier alpha value is -1.24. The van der Waals surface area contributed by atoms with E-state index in [-0.39, 0.29) is 6.04 Å². The number of nitrogens with zero attached hydrogens (tertiary/aromatic N) is 2. The van der Waals surface area contributed by atoms with Crippen molar-refractivity contribution >= 4 is 11.6 Å². The van der Waals surface area contributed by atoms with E-state index in [2.05, 4.69) is 6.07 Å². The summed E-state index contributed by atoms with van der Waals surface area (Å²) in [7, 11) is 1.59. The Morgan fingerprint density at radius 2 is 2.06 bits per heavy atom. The van der Waals surface area contributed by atoms with Crippen LogP contribution < -0.4 is 4.74 Å². The number of hydrogen-bond acceptors (Lipinski definition) is 3. The van der Waals surface area contributed by atoms with Crippen LogP contribution in [0.15, 0.2) is 18.2 Å². The molecule has 1 atom stereocenters. The van der Waals surface area contributed by atoms with E-state index in [0.29, 0.717) is 10.8 Å². The molecular weight excluding hydrogens is 236 g/mol. The quantitative estimate of drug-likeness (QED) is 0.807. The van der Waals surface area contributed by atoms with Crippen LogP contribution in [0.5, 0.6) is 5.75 Å². The molecule has 0 aliphatic carbocycles. The second kappa shape index (κ2) is 6.48. The fourth-order valence-corrected chi connectivity index (χ4v) is 2.15. The Kier molecular flexibility index (Phi) is 5.27. The van der Waals surface area contributed by atoms with Gasteiger partial charge in [0.1, 0.15) is 11.8 Å². The Morgan fingerprint density at radius 1 is 1.41 bits per heavy atom. The van der Waals surface area contributed by atoms with Gasteiger partial charge in [-0.15, -0.1) is 0 Å². The van der Waals surface area contributed by atoms with Crippen LogP contribution in [0.25, 0.3) is 0 Å². The first-order valence-electron chi connectivity index (χ1n) is 5.65. The predicted molar refractivity (Wildman–Crippen MR) is 69.3 cm³/mol. The molecule has 0 N–H and O–H groups in total. The summed E-state index contributed by atoms with van der Waals surface area (Å²) in [5, 5.41) is 9.92. The number of halogens is 1. The molecule has 0 aliphatic rings. The molecule has 1 rings (SSSR count). The van der Waals surface area contributed by atoms with Crippen LogP contribution in [0.3, 0.4) is 0 Å². The molecule has 0 fully saturated rings. The molecule has 0 aromatic heterocycles. The lowest BCUT2D eigenvalue weighted by Crippen LogP contribution is -2.28. The van der Waals surface area contributed by atoms with Crippen molar-refractivity contribution in [1.29, 1.82) is 5.26 Å². The topological polar surface area (TPSA) is 36.3 Å². The molecule has 1 aromatic carbocycles. The minimum atomic E-state index is -0.367. The lowest BCUT2D eigenvalue weighted by molar-refractivity contribution is 0.257. The van der Waals surface area contributed by atoms with Gasteiger partial charge in [-0.3, -0.25) is 4.90 Å². The van der Waals surface area contributed by atoms with Crippen molar-refractivity contribution in [3.05, 3.63) is 28.8 Å². The van der Waals surface area contributed by atoms with Gasteiger partial charge in [-0.25, -0.2) is 0 Å². The van der Waals surface area contributed by atoms with Crippen LogP contribution in [0.2, 0.25) is 5.02 Å². The summed E-state index contributed by atoms with van der Waals surface area (Å²) in [6.45, 7) is 5.64. The van der Waals surface area contributed by atoms with Gasteiger partial charge >= 0.3 is 0 Å². The van der Waals surface area contributed by atoms with E-state index in [9.17, 15) is 5.26 Å². The molecule has 0 heterocycles. The van der Waals surface area contributed by atoms with Gasteiger partial charge in [0.25, 0.3) is 0 Å². The lowest BCUT2D eigenvalue weighted by Gasteiger charge is -2.26. The number of rotatable bonds is 5. The van der Waals surface area contributed by atoms with Crippen LogP contribution in [-0.2, 0) is 0 Å². The molecular formula is C13H17ClN2O. The first-order valence-corrected chi connectivity index (χ1v) is 6.03. The average molecular weight is 253 g/mol. The van der Waals surface area contributed by atoms with Gasteiger partial charge in [-0.2, -0.15) is 5.26 Å². The molecule has 0 amide bonds.